The lowest BCUT2D eigenvalue weighted by atomic mass is 9.98. The topological polar surface area (TPSA) is 106 Å². The van der Waals surface area contributed by atoms with Crippen molar-refractivity contribution in [3.8, 4) is 11.1 Å². The molecule has 1 unspecified atom stereocenters. The maximum atomic E-state index is 13.5. The lowest BCUT2D eigenvalue weighted by Gasteiger charge is -2.38. The van der Waals surface area contributed by atoms with Crippen molar-refractivity contribution in [3.63, 3.8) is 0 Å². The highest BCUT2D eigenvalue weighted by molar-refractivity contribution is 6.37. The van der Waals surface area contributed by atoms with Crippen LogP contribution in [0, 0.1) is 6.92 Å². The summed E-state index contributed by atoms with van der Waals surface area (Å²) in [6, 6.07) is 4.63. The number of piperidine rings is 1. The fourth-order valence-corrected chi connectivity index (χ4v) is 5.72. The van der Waals surface area contributed by atoms with Gasteiger partial charge in [-0.1, -0.05) is 17.7 Å². The molecule has 0 spiro atoms. The molecular formula is C22H23ClN6O2. The van der Waals surface area contributed by atoms with Gasteiger partial charge in [-0.3, -0.25) is 9.36 Å². The van der Waals surface area contributed by atoms with Gasteiger partial charge in [0.25, 0.3) is 5.56 Å². The molecule has 2 bridgehead atoms. The Bertz CT molecular complexity index is 1390. The second-order valence-electron chi connectivity index (χ2n) is 8.73. The quantitative estimate of drug-likeness (QED) is 0.496. The molecule has 31 heavy (non-hydrogen) atoms. The first-order valence-electron chi connectivity index (χ1n) is 10.6. The minimum absolute atomic E-state index is 0.101. The van der Waals surface area contributed by atoms with Gasteiger partial charge >= 0.3 is 0 Å². The van der Waals surface area contributed by atoms with Gasteiger partial charge < -0.3 is 20.0 Å². The van der Waals surface area contributed by atoms with Crippen molar-refractivity contribution >= 4 is 39.7 Å². The SMILES string of the molecule is Cc1nc2ccc(-c3c[nH]c4nc(N5[C@@H]6CC[C@H]5CC(N)C6)n(C)c(=O)c34)c(Cl)c2o1. The summed E-state index contributed by atoms with van der Waals surface area (Å²) in [4.78, 5) is 28.2. The van der Waals surface area contributed by atoms with Gasteiger partial charge in [-0.2, -0.15) is 4.98 Å². The smallest absolute Gasteiger partial charge is 0.264 e. The van der Waals surface area contributed by atoms with Crippen molar-refractivity contribution in [1.82, 2.24) is 19.5 Å². The number of nitrogens with two attached hydrogens (primary N) is 1. The number of aromatic nitrogens is 4. The van der Waals surface area contributed by atoms with Gasteiger partial charge in [0.15, 0.2) is 11.5 Å². The number of rotatable bonds is 2. The molecule has 1 aromatic carbocycles. The summed E-state index contributed by atoms with van der Waals surface area (Å²) < 4.78 is 7.33. The van der Waals surface area contributed by atoms with Crippen molar-refractivity contribution in [1.29, 1.82) is 0 Å². The zero-order chi connectivity index (χ0) is 21.4. The molecule has 3 N–H and O–H groups in total. The summed E-state index contributed by atoms with van der Waals surface area (Å²) in [7, 11) is 1.79. The number of halogens is 1. The first kappa shape index (κ1) is 18.9. The summed E-state index contributed by atoms with van der Waals surface area (Å²) in [5.74, 6) is 1.25. The van der Waals surface area contributed by atoms with Crippen LogP contribution in [-0.4, -0.2) is 37.6 Å². The number of nitrogens with zero attached hydrogens (tertiary/aromatic N) is 4. The number of hydrogen-bond donors (Lipinski definition) is 2. The van der Waals surface area contributed by atoms with Crippen LogP contribution in [0.1, 0.15) is 31.6 Å². The number of fused-ring (bicyclic) bond motifs is 4. The molecule has 2 saturated heterocycles. The first-order valence-corrected chi connectivity index (χ1v) is 11.0. The average molecular weight is 439 g/mol. The molecule has 3 atom stereocenters. The first-order chi connectivity index (χ1) is 14.9. The van der Waals surface area contributed by atoms with Gasteiger partial charge in [-0.15, -0.1) is 0 Å². The van der Waals surface area contributed by atoms with Crippen molar-refractivity contribution < 1.29 is 4.42 Å². The van der Waals surface area contributed by atoms with E-state index >= 15 is 0 Å². The maximum Gasteiger partial charge on any atom is 0.264 e. The third-order valence-corrected chi connectivity index (χ3v) is 7.16. The van der Waals surface area contributed by atoms with Crippen LogP contribution in [0.15, 0.2) is 27.5 Å². The third kappa shape index (κ3) is 2.68. The molecule has 0 radical (unpaired) electrons. The van der Waals surface area contributed by atoms with Crippen LogP contribution < -0.4 is 16.2 Å². The van der Waals surface area contributed by atoms with Crippen LogP contribution in [0.25, 0.3) is 33.3 Å². The molecule has 4 aromatic rings. The standard InChI is InChI=1S/C22H23ClN6O2/c1-10-26-16-6-5-14(18(23)19(16)31-10)15-9-25-20-17(15)21(30)28(2)22(27-20)29-12-3-4-13(29)8-11(24)7-12/h5-6,9,11-13,25H,3-4,7-8,24H2,1-2H3/t11?,12-,13+. The second kappa shape index (κ2) is 6.58. The number of aryl methyl sites for hydroxylation is 1. The molecule has 3 aromatic heterocycles. The summed E-state index contributed by atoms with van der Waals surface area (Å²) >= 11 is 6.66. The fourth-order valence-electron chi connectivity index (χ4n) is 5.42. The summed E-state index contributed by atoms with van der Waals surface area (Å²) in [6.07, 6.45) is 5.85. The molecule has 8 nitrogen and oxygen atoms in total. The lowest BCUT2D eigenvalue weighted by molar-refractivity contribution is 0.405. The Kier molecular flexibility index (Phi) is 4.01. The normalized spacial score (nSPS) is 23.4. The van der Waals surface area contributed by atoms with Crippen LogP contribution in [0.3, 0.4) is 0 Å². The molecular weight excluding hydrogens is 416 g/mol. The monoisotopic (exact) mass is 438 g/mol. The number of hydrogen-bond acceptors (Lipinski definition) is 6. The molecule has 160 valence electrons. The minimum Gasteiger partial charge on any atom is -0.439 e. The van der Waals surface area contributed by atoms with E-state index in [1.165, 1.54) is 0 Å². The highest BCUT2D eigenvalue weighted by Crippen LogP contribution is 2.40. The second-order valence-corrected chi connectivity index (χ2v) is 9.11. The van der Waals surface area contributed by atoms with Crippen molar-refractivity contribution in [2.45, 2.75) is 50.7 Å². The van der Waals surface area contributed by atoms with Gasteiger partial charge in [-0.05, 0) is 31.7 Å². The van der Waals surface area contributed by atoms with Crippen LogP contribution in [0.4, 0.5) is 5.95 Å². The van der Waals surface area contributed by atoms with Gasteiger partial charge in [0.2, 0.25) is 5.95 Å². The molecule has 0 amide bonds. The van der Waals surface area contributed by atoms with Crippen molar-refractivity contribution in [3.05, 3.63) is 39.6 Å². The molecule has 0 aliphatic carbocycles. The Morgan fingerprint density at radius 2 is 1.94 bits per heavy atom. The molecule has 2 aliphatic rings. The molecule has 2 fully saturated rings. The minimum atomic E-state index is -0.101. The zero-order valence-electron chi connectivity index (χ0n) is 17.4. The van der Waals surface area contributed by atoms with E-state index in [-0.39, 0.29) is 11.6 Å². The lowest BCUT2D eigenvalue weighted by Crippen LogP contribution is -2.49. The Morgan fingerprint density at radius 1 is 1.19 bits per heavy atom. The molecule has 5 heterocycles. The predicted octanol–water partition coefficient (Wildman–Crippen LogP) is 3.49. The van der Waals surface area contributed by atoms with Gasteiger partial charge in [0, 0.05) is 49.4 Å². The summed E-state index contributed by atoms with van der Waals surface area (Å²) in [6.45, 7) is 1.78. The van der Waals surface area contributed by atoms with Crippen LogP contribution >= 0.6 is 11.6 Å². The third-order valence-electron chi connectivity index (χ3n) is 6.78. The van der Waals surface area contributed by atoms with Crippen LogP contribution in [-0.2, 0) is 7.05 Å². The van der Waals surface area contributed by atoms with Crippen molar-refractivity contribution in [2.75, 3.05) is 4.90 Å². The Hall–Kier alpha value is -2.84. The van der Waals surface area contributed by atoms with Gasteiger partial charge in [0.05, 0.1) is 10.4 Å². The van der Waals surface area contributed by atoms with Crippen LogP contribution in [0.5, 0.6) is 0 Å². The number of oxazole rings is 1. The van der Waals surface area contributed by atoms with E-state index in [2.05, 4.69) is 14.9 Å². The number of benzene rings is 1. The van der Waals surface area contributed by atoms with Crippen molar-refractivity contribution in [2.24, 2.45) is 12.8 Å². The van der Waals surface area contributed by atoms with Gasteiger partial charge in [0.1, 0.15) is 11.2 Å². The summed E-state index contributed by atoms with van der Waals surface area (Å²) in [5, 5.41) is 0.956. The van der Waals surface area contributed by atoms with E-state index in [1.807, 2.05) is 12.1 Å². The summed E-state index contributed by atoms with van der Waals surface area (Å²) in [5.41, 5.74) is 9.33. The Morgan fingerprint density at radius 3 is 2.68 bits per heavy atom. The highest BCUT2D eigenvalue weighted by atomic mass is 35.5. The maximum absolute atomic E-state index is 13.5. The largest absolute Gasteiger partial charge is 0.439 e. The average Bonchev–Trinajstić information content (AvgIpc) is 3.39. The number of aromatic amines is 1. The van der Waals surface area contributed by atoms with Crippen LogP contribution in [0.2, 0.25) is 5.02 Å². The van der Waals surface area contributed by atoms with E-state index < -0.39 is 0 Å². The van der Waals surface area contributed by atoms with E-state index in [0.29, 0.717) is 62.2 Å². The highest BCUT2D eigenvalue weighted by Gasteiger charge is 2.41. The van der Waals surface area contributed by atoms with E-state index in [4.69, 9.17) is 26.7 Å². The number of nitrogens with one attached hydrogen (secondary N) is 1. The number of anilines is 1. The molecule has 2 aliphatic heterocycles. The fraction of sp³-hybridized carbons (Fsp3) is 0.409. The predicted molar refractivity (Wildman–Crippen MR) is 121 cm³/mol. The Labute approximate surface area is 183 Å². The molecule has 9 heteroatoms. The molecule has 0 saturated carbocycles. The van der Waals surface area contributed by atoms with E-state index in [0.717, 1.165) is 25.7 Å². The Balaban J connectivity index is 1.52. The number of H-pyrrole nitrogens is 1. The van der Waals surface area contributed by atoms with E-state index in [1.54, 1.807) is 24.7 Å². The van der Waals surface area contributed by atoms with E-state index in [9.17, 15) is 4.79 Å². The zero-order valence-corrected chi connectivity index (χ0v) is 18.1. The molecule has 6 rings (SSSR count). The van der Waals surface area contributed by atoms with Gasteiger partial charge in [-0.25, -0.2) is 4.98 Å².